The molecule has 0 heterocycles. The van der Waals surface area contributed by atoms with Gasteiger partial charge in [-0.3, -0.25) is 4.79 Å². The molecule has 0 aromatic heterocycles. The molecule has 2 rings (SSSR count). The van der Waals surface area contributed by atoms with Crippen molar-refractivity contribution in [1.82, 2.24) is 0 Å². The number of amides is 1. The minimum Gasteiger partial charge on any atom is -0.493 e. The van der Waals surface area contributed by atoms with Crippen molar-refractivity contribution < 1.29 is 14.3 Å². The van der Waals surface area contributed by atoms with Crippen molar-refractivity contribution in [2.75, 3.05) is 38.0 Å². The van der Waals surface area contributed by atoms with Gasteiger partial charge in [0, 0.05) is 31.5 Å². The van der Waals surface area contributed by atoms with Gasteiger partial charge in [0.15, 0.2) is 11.5 Å². The van der Waals surface area contributed by atoms with E-state index in [0.29, 0.717) is 18.1 Å². The topological polar surface area (TPSA) is 50.8 Å². The van der Waals surface area contributed by atoms with Crippen LogP contribution in [0.1, 0.15) is 24.5 Å². The lowest BCUT2D eigenvalue weighted by molar-refractivity contribution is -0.111. The third kappa shape index (κ3) is 5.78. The van der Waals surface area contributed by atoms with Crippen LogP contribution in [0, 0.1) is 6.92 Å². The Morgan fingerprint density at radius 1 is 1.15 bits per heavy atom. The molecule has 0 aliphatic heterocycles. The van der Waals surface area contributed by atoms with Crippen molar-refractivity contribution in [2.45, 2.75) is 20.3 Å². The molecule has 5 nitrogen and oxygen atoms in total. The summed E-state index contributed by atoms with van der Waals surface area (Å²) in [5, 5.41) is 2.91. The predicted molar refractivity (Wildman–Crippen MR) is 112 cm³/mol. The van der Waals surface area contributed by atoms with Crippen LogP contribution in [-0.2, 0) is 4.79 Å². The highest BCUT2D eigenvalue weighted by Gasteiger charge is 2.06. The Labute approximate surface area is 161 Å². The molecule has 0 radical (unpaired) electrons. The Hall–Kier alpha value is -2.95. The molecule has 0 bridgehead atoms. The monoisotopic (exact) mass is 368 g/mol. The van der Waals surface area contributed by atoms with E-state index >= 15 is 0 Å². The summed E-state index contributed by atoms with van der Waals surface area (Å²) >= 11 is 0. The number of hydrogen-bond donors (Lipinski definition) is 1. The predicted octanol–water partition coefficient (Wildman–Crippen LogP) is 4.51. The average Bonchev–Trinajstić information content (AvgIpc) is 2.66. The highest BCUT2D eigenvalue weighted by Crippen LogP contribution is 2.28. The summed E-state index contributed by atoms with van der Waals surface area (Å²) in [5.41, 5.74) is 3.78. The standard InChI is InChI=1S/C22H28N2O3/c1-6-13-27-20-11-7-17(15-21(20)26-5)8-12-22(25)23-19-10-9-18(24(3)4)14-16(19)2/h7-12,14-15H,6,13H2,1-5H3,(H,23,25)/b12-8+. The fraction of sp³-hybridized carbons (Fsp3) is 0.318. The zero-order valence-electron chi connectivity index (χ0n) is 16.7. The molecule has 0 aliphatic carbocycles. The number of ether oxygens (including phenoxy) is 2. The molecule has 0 fully saturated rings. The van der Waals surface area contributed by atoms with Crippen LogP contribution in [0.15, 0.2) is 42.5 Å². The van der Waals surface area contributed by atoms with E-state index in [-0.39, 0.29) is 5.91 Å². The molecule has 27 heavy (non-hydrogen) atoms. The highest BCUT2D eigenvalue weighted by molar-refractivity contribution is 6.02. The Balaban J connectivity index is 2.06. The molecule has 0 saturated carbocycles. The molecular formula is C22H28N2O3. The van der Waals surface area contributed by atoms with Gasteiger partial charge in [-0.1, -0.05) is 13.0 Å². The Kier molecular flexibility index (Phi) is 7.29. The van der Waals surface area contributed by atoms with Gasteiger partial charge in [-0.2, -0.15) is 0 Å². The zero-order chi connectivity index (χ0) is 19.8. The van der Waals surface area contributed by atoms with Crippen LogP contribution in [-0.4, -0.2) is 33.7 Å². The van der Waals surface area contributed by atoms with Gasteiger partial charge in [-0.25, -0.2) is 0 Å². The molecule has 2 aromatic carbocycles. The second-order valence-corrected chi connectivity index (χ2v) is 6.47. The van der Waals surface area contributed by atoms with Crippen LogP contribution in [0.4, 0.5) is 11.4 Å². The van der Waals surface area contributed by atoms with E-state index < -0.39 is 0 Å². The first-order chi connectivity index (χ1) is 12.9. The molecule has 0 unspecified atom stereocenters. The van der Waals surface area contributed by atoms with Crippen molar-refractivity contribution in [3.05, 3.63) is 53.6 Å². The smallest absolute Gasteiger partial charge is 0.248 e. The van der Waals surface area contributed by atoms with Crippen molar-refractivity contribution in [3.63, 3.8) is 0 Å². The van der Waals surface area contributed by atoms with E-state index in [1.165, 1.54) is 6.08 Å². The second kappa shape index (κ2) is 9.67. The average molecular weight is 368 g/mol. The van der Waals surface area contributed by atoms with Crippen LogP contribution in [0.5, 0.6) is 11.5 Å². The van der Waals surface area contributed by atoms with Gasteiger partial charge in [0.1, 0.15) is 0 Å². The van der Waals surface area contributed by atoms with Gasteiger partial charge >= 0.3 is 0 Å². The van der Waals surface area contributed by atoms with Crippen molar-refractivity contribution >= 4 is 23.4 Å². The third-order valence-corrected chi connectivity index (χ3v) is 4.06. The summed E-state index contributed by atoms with van der Waals surface area (Å²) in [5.74, 6) is 1.18. The molecule has 0 saturated heterocycles. The van der Waals surface area contributed by atoms with Gasteiger partial charge in [0.25, 0.3) is 0 Å². The van der Waals surface area contributed by atoms with Gasteiger partial charge in [0.05, 0.1) is 13.7 Å². The lowest BCUT2D eigenvalue weighted by Gasteiger charge is -2.15. The lowest BCUT2D eigenvalue weighted by atomic mass is 10.1. The second-order valence-electron chi connectivity index (χ2n) is 6.47. The number of carbonyl (C=O) groups excluding carboxylic acids is 1. The maximum atomic E-state index is 12.3. The molecule has 0 aliphatic rings. The Bertz CT molecular complexity index is 813. The molecule has 2 aromatic rings. The van der Waals surface area contributed by atoms with Crippen LogP contribution in [0.25, 0.3) is 6.08 Å². The number of nitrogens with one attached hydrogen (secondary N) is 1. The van der Waals surface area contributed by atoms with E-state index in [1.807, 2.05) is 62.3 Å². The van der Waals surface area contributed by atoms with E-state index in [9.17, 15) is 4.79 Å². The van der Waals surface area contributed by atoms with Gasteiger partial charge in [-0.05, 0) is 60.9 Å². The zero-order valence-corrected chi connectivity index (χ0v) is 16.7. The number of methoxy groups -OCH3 is 1. The summed E-state index contributed by atoms with van der Waals surface area (Å²) in [6, 6.07) is 11.5. The summed E-state index contributed by atoms with van der Waals surface area (Å²) in [6.45, 7) is 4.67. The molecule has 0 atom stereocenters. The van der Waals surface area contributed by atoms with Gasteiger partial charge in [0.2, 0.25) is 5.91 Å². The maximum absolute atomic E-state index is 12.3. The van der Waals surface area contributed by atoms with Crippen molar-refractivity contribution in [2.24, 2.45) is 0 Å². The van der Waals surface area contributed by atoms with Crippen LogP contribution in [0.2, 0.25) is 0 Å². The molecule has 5 heteroatoms. The molecule has 144 valence electrons. The molecular weight excluding hydrogens is 340 g/mol. The van der Waals surface area contributed by atoms with Gasteiger partial charge in [-0.15, -0.1) is 0 Å². The molecule has 1 amide bonds. The minimum absolute atomic E-state index is 0.180. The number of anilines is 2. The summed E-state index contributed by atoms with van der Waals surface area (Å²) in [7, 11) is 5.58. The number of carbonyl (C=O) groups is 1. The van der Waals surface area contributed by atoms with Crippen LogP contribution in [0.3, 0.4) is 0 Å². The SMILES string of the molecule is CCCOc1ccc(/C=C/C(=O)Nc2ccc(N(C)C)cc2C)cc1OC. The number of benzene rings is 2. The summed E-state index contributed by atoms with van der Waals surface area (Å²) in [6.07, 6.45) is 4.20. The quantitative estimate of drug-likeness (QED) is 0.697. The number of hydrogen-bond acceptors (Lipinski definition) is 4. The first-order valence-electron chi connectivity index (χ1n) is 9.02. The van der Waals surface area contributed by atoms with Crippen LogP contribution >= 0.6 is 0 Å². The van der Waals surface area contributed by atoms with E-state index in [2.05, 4.69) is 12.2 Å². The fourth-order valence-electron chi connectivity index (χ4n) is 2.53. The molecule has 0 spiro atoms. The van der Waals surface area contributed by atoms with E-state index in [1.54, 1.807) is 13.2 Å². The first kappa shape index (κ1) is 20.4. The normalized spacial score (nSPS) is 10.7. The third-order valence-electron chi connectivity index (χ3n) is 4.06. The highest BCUT2D eigenvalue weighted by atomic mass is 16.5. The maximum Gasteiger partial charge on any atom is 0.248 e. The number of aryl methyl sites for hydroxylation is 1. The van der Waals surface area contributed by atoms with Crippen molar-refractivity contribution in [3.8, 4) is 11.5 Å². The van der Waals surface area contributed by atoms with Crippen molar-refractivity contribution in [1.29, 1.82) is 0 Å². The van der Waals surface area contributed by atoms with Crippen LogP contribution < -0.4 is 19.7 Å². The summed E-state index contributed by atoms with van der Waals surface area (Å²) < 4.78 is 11.0. The fourth-order valence-corrected chi connectivity index (χ4v) is 2.53. The molecule has 1 N–H and O–H groups in total. The largest absolute Gasteiger partial charge is 0.493 e. The van der Waals surface area contributed by atoms with Gasteiger partial charge < -0.3 is 19.7 Å². The lowest BCUT2D eigenvalue weighted by Crippen LogP contribution is -2.11. The summed E-state index contributed by atoms with van der Waals surface area (Å²) in [4.78, 5) is 14.3. The Morgan fingerprint density at radius 2 is 1.93 bits per heavy atom. The number of nitrogens with zero attached hydrogens (tertiary/aromatic N) is 1. The van der Waals surface area contributed by atoms with E-state index in [4.69, 9.17) is 9.47 Å². The Morgan fingerprint density at radius 3 is 2.56 bits per heavy atom. The minimum atomic E-state index is -0.180. The van der Waals surface area contributed by atoms with E-state index in [0.717, 1.165) is 28.9 Å². The number of rotatable bonds is 8. The first-order valence-corrected chi connectivity index (χ1v) is 9.02.